The number of aromatic nitrogens is 1. The molecule has 1 heterocycles. The van der Waals surface area contributed by atoms with Gasteiger partial charge in [0.2, 0.25) is 0 Å². The van der Waals surface area contributed by atoms with E-state index in [1.165, 1.54) is 6.07 Å². The standard InChI is InChI=1S/C16H19FN2O/c1-3-14(18)16(12-5-4-8-19-10-12)20-15-9-11(2)6-7-13(15)17/h4-10,14,16H,3,18H2,1-2H3. The van der Waals surface area contributed by atoms with E-state index in [-0.39, 0.29) is 17.6 Å². The zero-order chi connectivity index (χ0) is 14.5. The van der Waals surface area contributed by atoms with Crippen LogP contribution < -0.4 is 10.5 Å². The summed E-state index contributed by atoms with van der Waals surface area (Å²) in [7, 11) is 0. The summed E-state index contributed by atoms with van der Waals surface area (Å²) in [5.41, 5.74) is 7.90. The van der Waals surface area contributed by atoms with Gasteiger partial charge in [-0.3, -0.25) is 4.98 Å². The van der Waals surface area contributed by atoms with Crippen LogP contribution in [-0.2, 0) is 0 Å². The fourth-order valence-corrected chi connectivity index (χ4v) is 2.00. The fraction of sp³-hybridized carbons (Fsp3) is 0.312. The zero-order valence-electron chi connectivity index (χ0n) is 11.7. The fourth-order valence-electron chi connectivity index (χ4n) is 2.00. The third-order valence-electron chi connectivity index (χ3n) is 3.21. The van der Waals surface area contributed by atoms with Crippen molar-refractivity contribution >= 4 is 0 Å². The maximum atomic E-state index is 13.8. The van der Waals surface area contributed by atoms with Gasteiger partial charge >= 0.3 is 0 Å². The molecule has 0 spiro atoms. The van der Waals surface area contributed by atoms with E-state index in [2.05, 4.69) is 4.98 Å². The highest BCUT2D eigenvalue weighted by Gasteiger charge is 2.22. The molecule has 3 nitrogen and oxygen atoms in total. The van der Waals surface area contributed by atoms with Crippen LogP contribution in [0.15, 0.2) is 42.7 Å². The average molecular weight is 274 g/mol. The van der Waals surface area contributed by atoms with Gasteiger partial charge in [-0.1, -0.05) is 19.1 Å². The van der Waals surface area contributed by atoms with Crippen LogP contribution >= 0.6 is 0 Å². The molecule has 4 heteroatoms. The Balaban J connectivity index is 2.31. The summed E-state index contributed by atoms with van der Waals surface area (Å²) in [6, 6.07) is 8.28. The molecule has 0 aliphatic rings. The molecule has 0 aliphatic carbocycles. The van der Waals surface area contributed by atoms with Gasteiger partial charge in [0.25, 0.3) is 0 Å². The lowest BCUT2D eigenvalue weighted by molar-refractivity contribution is 0.163. The second kappa shape index (κ2) is 6.48. The summed E-state index contributed by atoms with van der Waals surface area (Å²) in [6.45, 7) is 3.87. The lowest BCUT2D eigenvalue weighted by Crippen LogP contribution is -2.31. The second-order valence-electron chi connectivity index (χ2n) is 4.83. The number of nitrogens with two attached hydrogens (primary N) is 1. The summed E-state index contributed by atoms with van der Waals surface area (Å²) in [6.07, 6.45) is 3.71. The van der Waals surface area contributed by atoms with Crippen molar-refractivity contribution in [2.24, 2.45) is 5.73 Å². The molecular weight excluding hydrogens is 255 g/mol. The van der Waals surface area contributed by atoms with Crippen molar-refractivity contribution in [1.29, 1.82) is 0 Å². The van der Waals surface area contributed by atoms with Gasteiger partial charge in [0.15, 0.2) is 11.6 Å². The van der Waals surface area contributed by atoms with Crippen molar-refractivity contribution in [3.8, 4) is 5.75 Å². The first-order valence-electron chi connectivity index (χ1n) is 6.70. The predicted octanol–water partition coefficient (Wildman–Crippen LogP) is 3.39. The summed E-state index contributed by atoms with van der Waals surface area (Å²) in [5.74, 6) is -0.157. The molecule has 0 bridgehead atoms. The number of hydrogen-bond acceptors (Lipinski definition) is 3. The molecule has 1 aromatic heterocycles. The van der Waals surface area contributed by atoms with Crippen LogP contribution in [0.2, 0.25) is 0 Å². The molecule has 0 aliphatic heterocycles. The van der Waals surface area contributed by atoms with Crippen LogP contribution in [0.25, 0.3) is 0 Å². The first-order valence-corrected chi connectivity index (χ1v) is 6.70. The van der Waals surface area contributed by atoms with E-state index in [9.17, 15) is 4.39 Å². The highest BCUT2D eigenvalue weighted by Crippen LogP contribution is 2.27. The molecule has 0 saturated heterocycles. The molecule has 20 heavy (non-hydrogen) atoms. The Morgan fingerprint density at radius 3 is 2.80 bits per heavy atom. The van der Waals surface area contributed by atoms with E-state index < -0.39 is 6.10 Å². The molecular formula is C16H19FN2O. The first kappa shape index (κ1) is 14.5. The van der Waals surface area contributed by atoms with Crippen molar-refractivity contribution in [3.05, 3.63) is 59.7 Å². The van der Waals surface area contributed by atoms with Gasteiger partial charge in [-0.2, -0.15) is 0 Å². The zero-order valence-corrected chi connectivity index (χ0v) is 11.7. The molecule has 0 radical (unpaired) electrons. The molecule has 2 unspecified atom stereocenters. The molecule has 106 valence electrons. The molecule has 0 fully saturated rings. The van der Waals surface area contributed by atoms with Gasteiger partial charge in [0, 0.05) is 24.0 Å². The maximum absolute atomic E-state index is 13.8. The predicted molar refractivity (Wildman–Crippen MR) is 77.0 cm³/mol. The van der Waals surface area contributed by atoms with Crippen molar-refractivity contribution in [1.82, 2.24) is 4.98 Å². The minimum absolute atomic E-state index is 0.223. The summed E-state index contributed by atoms with van der Waals surface area (Å²) < 4.78 is 19.7. The number of halogens is 1. The van der Waals surface area contributed by atoms with Gasteiger partial charge in [-0.15, -0.1) is 0 Å². The Morgan fingerprint density at radius 1 is 1.35 bits per heavy atom. The van der Waals surface area contributed by atoms with Crippen LogP contribution in [0.4, 0.5) is 4.39 Å². The van der Waals surface area contributed by atoms with Crippen LogP contribution in [-0.4, -0.2) is 11.0 Å². The number of nitrogens with zero attached hydrogens (tertiary/aromatic N) is 1. The molecule has 1 aromatic carbocycles. The quantitative estimate of drug-likeness (QED) is 0.909. The average Bonchev–Trinajstić information content (AvgIpc) is 2.48. The Bertz CT molecular complexity index is 560. The van der Waals surface area contributed by atoms with Crippen molar-refractivity contribution < 1.29 is 9.13 Å². The van der Waals surface area contributed by atoms with Crippen LogP contribution in [0, 0.1) is 12.7 Å². The number of rotatable bonds is 5. The Labute approximate surface area is 118 Å². The highest BCUT2D eigenvalue weighted by molar-refractivity contribution is 5.30. The molecule has 2 rings (SSSR count). The minimum Gasteiger partial charge on any atom is -0.481 e. The summed E-state index contributed by atoms with van der Waals surface area (Å²) in [4.78, 5) is 4.07. The lowest BCUT2D eigenvalue weighted by Gasteiger charge is -2.24. The monoisotopic (exact) mass is 274 g/mol. The van der Waals surface area contributed by atoms with E-state index >= 15 is 0 Å². The third-order valence-corrected chi connectivity index (χ3v) is 3.21. The molecule has 2 N–H and O–H groups in total. The number of ether oxygens (including phenoxy) is 1. The van der Waals surface area contributed by atoms with Gasteiger partial charge < -0.3 is 10.5 Å². The second-order valence-corrected chi connectivity index (χ2v) is 4.83. The van der Waals surface area contributed by atoms with Crippen molar-refractivity contribution in [3.63, 3.8) is 0 Å². The summed E-state index contributed by atoms with van der Waals surface area (Å²) >= 11 is 0. The van der Waals surface area contributed by atoms with E-state index in [4.69, 9.17) is 10.5 Å². The van der Waals surface area contributed by atoms with Crippen LogP contribution in [0.3, 0.4) is 0 Å². The van der Waals surface area contributed by atoms with Gasteiger partial charge in [0.1, 0.15) is 6.10 Å². The molecule has 2 aromatic rings. The summed E-state index contributed by atoms with van der Waals surface area (Å²) in [5, 5.41) is 0. The Kier molecular flexibility index (Phi) is 4.69. The van der Waals surface area contributed by atoms with Gasteiger partial charge in [-0.25, -0.2) is 4.39 Å². The number of aryl methyl sites for hydroxylation is 1. The maximum Gasteiger partial charge on any atom is 0.165 e. The van der Waals surface area contributed by atoms with Gasteiger partial charge in [-0.05, 0) is 37.1 Å². The van der Waals surface area contributed by atoms with Crippen molar-refractivity contribution in [2.75, 3.05) is 0 Å². The van der Waals surface area contributed by atoms with E-state index in [0.717, 1.165) is 17.5 Å². The van der Waals surface area contributed by atoms with E-state index in [1.54, 1.807) is 24.5 Å². The topological polar surface area (TPSA) is 48.1 Å². The van der Waals surface area contributed by atoms with E-state index in [1.807, 2.05) is 26.0 Å². The normalized spacial score (nSPS) is 13.8. The van der Waals surface area contributed by atoms with Crippen molar-refractivity contribution in [2.45, 2.75) is 32.4 Å². The smallest absolute Gasteiger partial charge is 0.165 e. The highest BCUT2D eigenvalue weighted by atomic mass is 19.1. The molecule has 0 amide bonds. The molecule has 0 saturated carbocycles. The minimum atomic E-state index is -0.412. The Hall–Kier alpha value is -1.94. The largest absolute Gasteiger partial charge is 0.481 e. The van der Waals surface area contributed by atoms with Crippen LogP contribution in [0.1, 0.15) is 30.6 Å². The Morgan fingerprint density at radius 2 is 2.15 bits per heavy atom. The lowest BCUT2D eigenvalue weighted by atomic mass is 10.0. The first-order chi connectivity index (χ1) is 9.61. The van der Waals surface area contributed by atoms with Crippen LogP contribution in [0.5, 0.6) is 5.75 Å². The molecule has 2 atom stereocenters. The number of pyridine rings is 1. The number of hydrogen-bond donors (Lipinski definition) is 1. The van der Waals surface area contributed by atoms with E-state index in [0.29, 0.717) is 0 Å². The third kappa shape index (κ3) is 3.33. The van der Waals surface area contributed by atoms with Gasteiger partial charge in [0.05, 0.1) is 0 Å². The number of benzene rings is 1. The SMILES string of the molecule is CCC(N)C(Oc1cc(C)ccc1F)c1cccnc1.